The van der Waals surface area contributed by atoms with Gasteiger partial charge in [0.1, 0.15) is 0 Å². The van der Waals surface area contributed by atoms with Crippen LogP contribution in [0.3, 0.4) is 0 Å². The second-order valence-electron chi connectivity index (χ2n) is 2.90. The van der Waals surface area contributed by atoms with Gasteiger partial charge >= 0.3 is 5.95 Å². The molecule has 3 N–H and O–H groups in total. The quantitative estimate of drug-likeness (QED) is 0.290. The van der Waals surface area contributed by atoms with E-state index in [0.717, 1.165) is 0 Å². The van der Waals surface area contributed by atoms with Crippen LogP contribution in [0.4, 0.5) is 5.95 Å². The summed E-state index contributed by atoms with van der Waals surface area (Å²) in [6, 6.07) is -0.338. The van der Waals surface area contributed by atoms with Crippen LogP contribution in [0.5, 0.6) is 0 Å². The van der Waals surface area contributed by atoms with Gasteiger partial charge in [-0.15, -0.1) is 0 Å². The summed E-state index contributed by atoms with van der Waals surface area (Å²) < 4.78 is 1.24. The molecule has 1 rings (SSSR count). The second-order valence-corrected chi connectivity index (χ2v) is 2.90. The van der Waals surface area contributed by atoms with Crippen molar-refractivity contribution in [1.82, 2.24) is 20.2 Å². The Bertz CT molecular complexity index is 375. The van der Waals surface area contributed by atoms with E-state index in [1.54, 1.807) is 6.92 Å². The number of aromatic nitrogens is 3. The number of amides is 1. The maximum absolute atomic E-state index is 10.9. The van der Waals surface area contributed by atoms with E-state index in [2.05, 4.69) is 10.1 Å². The van der Waals surface area contributed by atoms with Gasteiger partial charge in [0.05, 0.1) is 12.5 Å². The monoisotopic (exact) mass is 214 g/mol. The third kappa shape index (κ3) is 2.71. The van der Waals surface area contributed by atoms with Gasteiger partial charge in [0.2, 0.25) is 12.2 Å². The van der Waals surface area contributed by atoms with Crippen molar-refractivity contribution < 1.29 is 9.72 Å². The standard InChI is InChI=1S/C6H10N6O3/c1-4(2-5(13)9-7)11-3-8-6(10-11)12(14)15/h3-4H,2,7H2,1H3,(H,9,13). The molecule has 0 aliphatic carbocycles. The Kier molecular flexibility index (Phi) is 3.29. The Hall–Kier alpha value is -2.03. The summed E-state index contributed by atoms with van der Waals surface area (Å²) in [4.78, 5) is 23.9. The van der Waals surface area contributed by atoms with Gasteiger partial charge in [0.15, 0.2) is 0 Å². The topological polar surface area (TPSA) is 129 Å². The van der Waals surface area contributed by atoms with Crippen molar-refractivity contribution in [3.8, 4) is 0 Å². The Morgan fingerprint density at radius 2 is 2.53 bits per heavy atom. The number of hydrogen-bond acceptors (Lipinski definition) is 6. The maximum atomic E-state index is 10.9. The minimum absolute atomic E-state index is 0.0804. The number of hydrogen-bond donors (Lipinski definition) is 2. The lowest BCUT2D eigenvalue weighted by atomic mass is 10.2. The van der Waals surface area contributed by atoms with Gasteiger partial charge in [-0.25, -0.2) is 5.84 Å². The molecule has 0 spiro atoms. The molecule has 0 fully saturated rings. The summed E-state index contributed by atoms with van der Waals surface area (Å²) in [5.41, 5.74) is 1.96. The summed E-state index contributed by atoms with van der Waals surface area (Å²) in [5, 5.41) is 13.9. The number of nitrogens with two attached hydrogens (primary N) is 1. The van der Waals surface area contributed by atoms with E-state index in [1.807, 2.05) is 5.43 Å². The van der Waals surface area contributed by atoms with Crippen LogP contribution >= 0.6 is 0 Å². The predicted octanol–water partition coefficient (Wildman–Crippen LogP) is -0.873. The summed E-state index contributed by atoms with van der Waals surface area (Å²) in [6.45, 7) is 1.67. The van der Waals surface area contributed by atoms with Crippen LogP contribution in [-0.4, -0.2) is 25.6 Å². The van der Waals surface area contributed by atoms with Crippen molar-refractivity contribution in [2.75, 3.05) is 0 Å². The summed E-state index contributed by atoms with van der Waals surface area (Å²) in [7, 11) is 0. The van der Waals surface area contributed by atoms with E-state index in [-0.39, 0.29) is 18.4 Å². The van der Waals surface area contributed by atoms with Gasteiger partial charge in [-0.3, -0.25) is 10.2 Å². The minimum atomic E-state index is -0.702. The van der Waals surface area contributed by atoms with Crippen LogP contribution in [-0.2, 0) is 4.79 Å². The Balaban J connectivity index is 2.69. The molecule has 1 heterocycles. The van der Waals surface area contributed by atoms with Crippen molar-refractivity contribution in [3.63, 3.8) is 0 Å². The lowest BCUT2D eigenvalue weighted by Crippen LogP contribution is -2.31. The summed E-state index contributed by atoms with van der Waals surface area (Å²) in [5.74, 6) is 4.03. The van der Waals surface area contributed by atoms with E-state index in [9.17, 15) is 14.9 Å². The molecule has 9 nitrogen and oxygen atoms in total. The van der Waals surface area contributed by atoms with Crippen molar-refractivity contribution in [2.24, 2.45) is 5.84 Å². The number of nitrogens with zero attached hydrogens (tertiary/aromatic N) is 4. The zero-order chi connectivity index (χ0) is 11.4. The first-order valence-corrected chi connectivity index (χ1v) is 4.09. The highest BCUT2D eigenvalue weighted by atomic mass is 16.6. The number of nitro groups is 1. The zero-order valence-electron chi connectivity index (χ0n) is 7.95. The first kappa shape index (κ1) is 11.0. The highest BCUT2D eigenvalue weighted by Gasteiger charge is 2.18. The first-order chi connectivity index (χ1) is 7.04. The number of rotatable bonds is 4. The molecule has 9 heteroatoms. The fraction of sp³-hybridized carbons (Fsp3) is 0.500. The average molecular weight is 214 g/mol. The molecular formula is C6H10N6O3. The zero-order valence-corrected chi connectivity index (χ0v) is 7.95. The van der Waals surface area contributed by atoms with Gasteiger partial charge in [0, 0.05) is 5.10 Å². The van der Waals surface area contributed by atoms with Crippen LogP contribution in [0.1, 0.15) is 19.4 Å². The molecule has 0 radical (unpaired) electrons. The highest BCUT2D eigenvalue weighted by molar-refractivity contribution is 5.75. The molecule has 82 valence electrons. The molecule has 1 atom stereocenters. The molecule has 0 saturated carbocycles. The van der Waals surface area contributed by atoms with E-state index >= 15 is 0 Å². The molecule has 0 saturated heterocycles. The fourth-order valence-corrected chi connectivity index (χ4v) is 0.982. The van der Waals surface area contributed by atoms with Gasteiger partial charge in [-0.05, 0) is 11.8 Å². The minimum Gasteiger partial charge on any atom is -0.390 e. The van der Waals surface area contributed by atoms with Crippen molar-refractivity contribution in [3.05, 3.63) is 16.4 Å². The van der Waals surface area contributed by atoms with E-state index < -0.39 is 10.9 Å². The number of carbonyl (C=O) groups excluding carboxylic acids is 1. The van der Waals surface area contributed by atoms with Crippen molar-refractivity contribution in [2.45, 2.75) is 19.4 Å². The maximum Gasteiger partial charge on any atom is 0.490 e. The van der Waals surface area contributed by atoms with Crippen molar-refractivity contribution >= 4 is 11.9 Å². The van der Waals surface area contributed by atoms with Crippen LogP contribution in [0.25, 0.3) is 0 Å². The number of carbonyl (C=O) groups is 1. The van der Waals surface area contributed by atoms with E-state index in [0.29, 0.717) is 0 Å². The van der Waals surface area contributed by atoms with Gasteiger partial charge in [0.25, 0.3) is 0 Å². The molecule has 1 aromatic rings. The Morgan fingerprint density at radius 1 is 1.87 bits per heavy atom. The van der Waals surface area contributed by atoms with Gasteiger partial charge in [-0.2, -0.15) is 4.68 Å². The summed E-state index contributed by atoms with van der Waals surface area (Å²) in [6.07, 6.45) is 1.28. The first-order valence-electron chi connectivity index (χ1n) is 4.09. The second kappa shape index (κ2) is 4.46. The number of nitrogens with one attached hydrogen (secondary N) is 1. The summed E-state index contributed by atoms with van der Waals surface area (Å²) >= 11 is 0. The van der Waals surface area contributed by atoms with Gasteiger partial charge in [-0.1, -0.05) is 4.98 Å². The normalized spacial score (nSPS) is 12.1. The predicted molar refractivity (Wildman–Crippen MR) is 48.3 cm³/mol. The molecule has 15 heavy (non-hydrogen) atoms. The Labute approximate surface area is 84.4 Å². The number of hydrazine groups is 1. The van der Waals surface area contributed by atoms with Crippen LogP contribution < -0.4 is 11.3 Å². The molecule has 0 aromatic carbocycles. The van der Waals surface area contributed by atoms with Crippen LogP contribution in [0.15, 0.2) is 6.33 Å². The van der Waals surface area contributed by atoms with E-state index in [1.165, 1.54) is 11.0 Å². The smallest absolute Gasteiger partial charge is 0.390 e. The average Bonchev–Trinajstić information content (AvgIpc) is 2.66. The third-order valence-corrected chi connectivity index (χ3v) is 1.75. The van der Waals surface area contributed by atoms with Crippen LogP contribution in [0.2, 0.25) is 0 Å². The lowest BCUT2D eigenvalue weighted by molar-refractivity contribution is -0.394. The molecule has 0 aliphatic rings. The van der Waals surface area contributed by atoms with E-state index in [4.69, 9.17) is 5.84 Å². The van der Waals surface area contributed by atoms with Crippen LogP contribution in [0, 0.1) is 10.1 Å². The molecule has 1 aromatic heterocycles. The Morgan fingerprint density at radius 3 is 3.00 bits per heavy atom. The molecule has 0 aliphatic heterocycles. The largest absolute Gasteiger partial charge is 0.490 e. The molecular weight excluding hydrogens is 204 g/mol. The van der Waals surface area contributed by atoms with Gasteiger partial charge < -0.3 is 10.1 Å². The third-order valence-electron chi connectivity index (χ3n) is 1.75. The molecule has 0 bridgehead atoms. The highest BCUT2D eigenvalue weighted by Crippen LogP contribution is 2.10. The molecule has 1 unspecified atom stereocenters. The fourth-order valence-electron chi connectivity index (χ4n) is 0.982. The molecule has 1 amide bonds. The van der Waals surface area contributed by atoms with Crippen molar-refractivity contribution in [1.29, 1.82) is 0 Å². The lowest BCUT2D eigenvalue weighted by Gasteiger charge is -2.05. The SMILES string of the molecule is CC(CC(=O)NN)n1cnc([N+](=O)[O-])n1.